The fraction of sp³-hybridized carbons (Fsp3) is 0.158. The average Bonchev–Trinajstić information content (AvgIpc) is 1.98. The molecule has 89 heavy (non-hydrogen) atoms. The summed E-state index contributed by atoms with van der Waals surface area (Å²) in [6.07, 6.45) is 7.82. The Hall–Kier alpha value is -9.52. The van der Waals surface area contributed by atoms with Gasteiger partial charge in [0, 0.05) is 77.8 Å². The molecule has 0 radical (unpaired) electrons. The molecule has 462 valence electrons. The number of halogens is 3. The lowest BCUT2D eigenvalue weighted by Gasteiger charge is -2.11. The predicted octanol–water partition coefficient (Wildman–Crippen LogP) is 9.66. The number of carbonyl (C=O) groups is 3. The van der Waals surface area contributed by atoms with Gasteiger partial charge < -0.3 is 46.0 Å². The van der Waals surface area contributed by atoms with Crippen LogP contribution in [0.4, 0.5) is 46.5 Å². The SMILES string of the molecule is COC(=O)c1ccc(=Nc2cc(NCc3ccc(Cl)cc3)nc(S(C)(=O)=O)n2)n(O)c1.COC(=O)c1ccc(Nc2cc(NCc3ccc(Cl)cc3)nc(S(C)(=O)=O)n2)nc1.COC(=O)c1ccc(Nc2cc(NCc3ccc(Cl)cc3)nc(SC)n2)nc1. The van der Waals surface area contributed by atoms with Crippen LogP contribution in [0.15, 0.2) is 166 Å². The molecule has 0 aliphatic carbocycles. The number of nitrogens with one attached hydrogen (secondary N) is 5. The second-order valence-electron chi connectivity index (χ2n) is 18.2. The summed E-state index contributed by atoms with van der Waals surface area (Å²) >= 11 is 19.1. The topological polar surface area (TPSA) is 348 Å². The third kappa shape index (κ3) is 20.8. The molecule has 26 nitrogen and oxygen atoms in total. The summed E-state index contributed by atoms with van der Waals surface area (Å²) in [7, 11) is -3.56. The number of aromatic nitrogens is 9. The van der Waals surface area contributed by atoms with E-state index in [4.69, 9.17) is 34.8 Å². The Kier molecular flexibility index (Phi) is 23.6. The van der Waals surface area contributed by atoms with Crippen molar-refractivity contribution in [3.05, 3.63) is 200 Å². The minimum Gasteiger partial charge on any atom is -0.465 e. The zero-order valence-corrected chi connectivity index (χ0v) is 52.6. The summed E-state index contributed by atoms with van der Waals surface area (Å²) in [5, 5.41) is 27.3. The summed E-state index contributed by atoms with van der Waals surface area (Å²) in [6.45, 7) is 1.36. The van der Waals surface area contributed by atoms with E-state index in [-0.39, 0.29) is 39.2 Å². The van der Waals surface area contributed by atoms with Gasteiger partial charge in [-0.25, -0.2) is 71.1 Å². The zero-order chi connectivity index (χ0) is 64.3. The maximum absolute atomic E-state index is 12.0. The maximum Gasteiger partial charge on any atom is 0.339 e. The first-order chi connectivity index (χ1) is 42.5. The van der Waals surface area contributed by atoms with Gasteiger partial charge >= 0.3 is 17.9 Å². The standard InChI is InChI=1S/C19H18ClN5O5S.C19H18ClN5O4S.C19H18ClN5O2S/c1-30-18(26)13-5-8-17(25(27)11-13)22-16-9-15(23-19(24-16)31(2,28)29)21-10-12-3-6-14(20)7-4-12;1-29-18(26)13-5-8-15(22-11-13)23-17-9-16(24-19(25-17)30(2,27)28)21-10-12-3-6-14(20)7-4-12;1-27-18(26)13-5-8-15(22-11-13)23-17-9-16(24-19(25-17)28-2)21-10-12-3-6-14(20)7-4-12/h3-9,11,27H,10H2,1-2H3,(H,21,23,24);3-9,11H,10H2,1-2H3,(H2,21,22,23,24,25);3-9,11H,10H2,1-2H3,(H2,21,22,23,24,25). The summed E-state index contributed by atoms with van der Waals surface area (Å²) in [6, 6.07) is 35.9. The van der Waals surface area contributed by atoms with Crippen LogP contribution in [0.2, 0.25) is 15.1 Å². The first-order valence-electron chi connectivity index (χ1n) is 25.7. The number of benzene rings is 3. The van der Waals surface area contributed by atoms with Crippen molar-refractivity contribution in [2.24, 2.45) is 4.99 Å². The Morgan fingerprint density at radius 1 is 0.506 bits per heavy atom. The van der Waals surface area contributed by atoms with Crippen LogP contribution in [0.3, 0.4) is 0 Å². The van der Waals surface area contributed by atoms with Crippen molar-refractivity contribution < 1.29 is 50.6 Å². The van der Waals surface area contributed by atoms with E-state index in [1.807, 2.05) is 54.8 Å². The van der Waals surface area contributed by atoms with Crippen molar-refractivity contribution in [1.29, 1.82) is 0 Å². The summed E-state index contributed by atoms with van der Waals surface area (Å²) in [5.74, 6) is 1.37. The molecule has 6 N–H and O–H groups in total. The fourth-order valence-electron chi connectivity index (χ4n) is 7.13. The molecule has 0 amide bonds. The quantitative estimate of drug-likeness (QED) is 0.0136. The van der Waals surface area contributed by atoms with E-state index in [1.54, 1.807) is 54.6 Å². The third-order valence-electron chi connectivity index (χ3n) is 11.5. The van der Waals surface area contributed by atoms with Gasteiger partial charge in [0.05, 0.1) is 44.2 Å². The molecule has 0 atom stereocenters. The number of ether oxygens (including phenoxy) is 3. The molecule has 6 aromatic heterocycles. The highest BCUT2D eigenvalue weighted by Gasteiger charge is 2.18. The van der Waals surface area contributed by atoms with Gasteiger partial charge in [0.2, 0.25) is 19.7 Å². The van der Waals surface area contributed by atoms with Gasteiger partial charge in [-0.05, 0) is 95.7 Å². The molecule has 0 aliphatic heterocycles. The molecule has 0 fully saturated rings. The van der Waals surface area contributed by atoms with Crippen LogP contribution in [-0.4, -0.2) is 125 Å². The Morgan fingerprint density at radius 2 is 0.876 bits per heavy atom. The minimum atomic E-state index is -3.73. The van der Waals surface area contributed by atoms with Gasteiger partial charge in [0.15, 0.2) is 16.5 Å². The number of methoxy groups -OCH3 is 3. The van der Waals surface area contributed by atoms with Gasteiger partial charge in [-0.3, -0.25) is 0 Å². The van der Waals surface area contributed by atoms with E-state index >= 15 is 0 Å². The Balaban J connectivity index is 0.000000190. The fourth-order valence-corrected chi connectivity index (χ4v) is 8.94. The first kappa shape index (κ1) is 67.0. The smallest absolute Gasteiger partial charge is 0.339 e. The van der Waals surface area contributed by atoms with Crippen molar-refractivity contribution in [2.75, 3.05) is 66.7 Å². The highest BCUT2D eigenvalue weighted by atomic mass is 35.5. The molecule has 0 aliphatic rings. The number of sulfone groups is 2. The van der Waals surface area contributed by atoms with Crippen molar-refractivity contribution in [1.82, 2.24) is 44.6 Å². The molecular weight excluding hydrogens is 1270 g/mol. The van der Waals surface area contributed by atoms with Gasteiger partial charge in [-0.1, -0.05) is 83.0 Å². The Bertz CT molecular complexity index is 4260. The molecule has 9 aromatic rings. The van der Waals surface area contributed by atoms with Crippen LogP contribution in [0.25, 0.3) is 0 Å². The van der Waals surface area contributed by atoms with Crippen LogP contribution in [0.5, 0.6) is 0 Å². The molecule has 6 heterocycles. The monoisotopic (exact) mass is 1330 g/mol. The van der Waals surface area contributed by atoms with Crippen LogP contribution >= 0.6 is 46.6 Å². The number of rotatable bonds is 20. The van der Waals surface area contributed by atoms with Crippen molar-refractivity contribution >= 4 is 131 Å². The van der Waals surface area contributed by atoms with E-state index in [0.717, 1.165) is 35.4 Å². The number of thioether (sulfide) groups is 1. The van der Waals surface area contributed by atoms with E-state index in [9.17, 15) is 36.4 Å². The largest absolute Gasteiger partial charge is 0.465 e. The van der Waals surface area contributed by atoms with Crippen LogP contribution < -0.4 is 32.1 Å². The number of hydrogen-bond acceptors (Lipinski definition) is 26. The minimum absolute atomic E-state index is 0.00875. The lowest BCUT2D eigenvalue weighted by Crippen LogP contribution is -2.20. The van der Waals surface area contributed by atoms with Gasteiger partial charge in [-0.15, -0.1) is 0 Å². The number of esters is 3. The molecule has 0 spiro atoms. The highest BCUT2D eigenvalue weighted by molar-refractivity contribution is 7.98. The van der Waals surface area contributed by atoms with E-state index < -0.39 is 42.7 Å². The summed E-state index contributed by atoms with van der Waals surface area (Å²) in [4.78, 5) is 72.0. The van der Waals surface area contributed by atoms with Crippen molar-refractivity contribution in [3.8, 4) is 0 Å². The molecule has 0 bridgehead atoms. The Morgan fingerprint density at radius 3 is 1.27 bits per heavy atom. The molecule has 9 rings (SSSR count). The number of hydrogen-bond donors (Lipinski definition) is 6. The predicted molar refractivity (Wildman–Crippen MR) is 336 cm³/mol. The van der Waals surface area contributed by atoms with Crippen molar-refractivity contribution in [2.45, 2.75) is 35.1 Å². The molecule has 3 aromatic carbocycles. The molecular formula is C57H54Cl3N15O11S3. The summed E-state index contributed by atoms with van der Waals surface area (Å²) < 4.78 is 62.5. The number of pyridine rings is 3. The number of nitrogens with zero attached hydrogens (tertiary/aromatic N) is 10. The molecule has 0 saturated heterocycles. The first-order valence-corrected chi connectivity index (χ1v) is 31.9. The van der Waals surface area contributed by atoms with Gasteiger partial charge in [0.1, 0.15) is 40.7 Å². The molecule has 0 saturated carbocycles. The van der Waals surface area contributed by atoms with E-state index in [1.165, 1.54) is 69.8 Å². The highest BCUT2D eigenvalue weighted by Crippen LogP contribution is 2.24. The molecule has 0 unspecified atom stereocenters. The Labute approximate surface area is 529 Å². The van der Waals surface area contributed by atoms with Crippen LogP contribution in [0, 0.1) is 0 Å². The van der Waals surface area contributed by atoms with Crippen LogP contribution in [-0.2, 0) is 53.5 Å². The maximum atomic E-state index is 12.0. The second-order valence-corrected chi connectivity index (χ2v) is 24.1. The summed E-state index contributed by atoms with van der Waals surface area (Å²) in [5.41, 5.74) is 3.70. The van der Waals surface area contributed by atoms with Gasteiger partial charge in [0.25, 0.3) is 10.3 Å². The number of anilines is 7. The average molecular weight is 1330 g/mol. The number of carbonyl (C=O) groups excluding carboxylic acids is 3. The van der Waals surface area contributed by atoms with Crippen LogP contribution in [0.1, 0.15) is 47.8 Å². The van der Waals surface area contributed by atoms with Gasteiger partial charge in [-0.2, -0.15) is 9.71 Å². The van der Waals surface area contributed by atoms with E-state index in [0.29, 0.717) is 79.2 Å². The van der Waals surface area contributed by atoms with E-state index in [2.05, 4.69) is 85.7 Å². The third-order valence-corrected chi connectivity index (χ3v) is 14.5. The lowest BCUT2D eigenvalue weighted by atomic mass is 10.2. The zero-order valence-electron chi connectivity index (χ0n) is 47.8. The van der Waals surface area contributed by atoms with Crippen molar-refractivity contribution in [3.63, 3.8) is 0 Å². The lowest BCUT2D eigenvalue weighted by molar-refractivity contribution is 0.0588. The molecule has 32 heteroatoms. The second kappa shape index (κ2) is 31.4. The normalized spacial score (nSPS) is 11.1.